The van der Waals surface area contributed by atoms with E-state index in [4.69, 9.17) is 0 Å². The van der Waals surface area contributed by atoms with E-state index in [1.165, 1.54) is 38.5 Å². The predicted octanol–water partition coefficient (Wildman–Crippen LogP) is 3.61. The standard InChI is InChI=1S/C11H20/c1-11(2)8-7-9-5-3-4-6-10(9)11/h9-10H,3-8H2,1-2H3/t9-,10-/m0/s1. The van der Waals surface area contributed by atoms with Gasteiger partial charge in [0.1, 0.15) is 0 Å². The molecule has 2 saturated carbocycles. The Hall–Kier alpha value is 0. The summed E-state index contributed by atoms with van der Waals surface area (Å²) in [5, 5.41) is 0. The van der Waals surface area contributed by atoms with E-state index in [1.54, 1.807) is 0 Å². The molecule has 2 aliphatic rings. The Labute approximate surface area is 70.4 Å². The molecule has 0 aliphatic heterocycles. The molecule has 0 nitrogen and oxygen atoms in total. The molecule has 0 saturated heterocycles. The van der Waals surface area contributed by atoms with Crippen molar-refractivity contribution in [2.75, 3.05) is 0 Å². The Balaban J connectivity index is 2.10. The smallest absolute Gasteiger partial charge is 0.0323 e. The van der Waals surface area contributed by atoms with Crippen LogP contribution >= 0.6 is 0 Å². The van der Waals surface area contributed by atoms with Gasteiger partial charge in [-0.25, -0.2) is 0 Å². The van der Waals surface area contributed by atoms with Crippen LogP contribution in [0.4, 0.5) is 0 Å². The van der Waals surface area contributed by atoms with Gasteiger partial charge in [-0.05, 0) is 36.5 Å². The number of rotatable bonds is 0. The minimum absolute atomic E-state index is 0.686. The SMILES string of the molecule is CC1(C)CC[C@@H]2CCCC[C@@H]21. The van der Waals surface area contributed by atoms with Crippen LogP contribution in [0.15, 0.2) is 0 Å². The molecule has 0 aromatic heterocycles. The average molecular weight is 152 g/mol. The van der Waals surface area contributed by atoms with E-state index in [2.05, 4.69) is 13.8 Å². The van der Waals surface area contributed by atoms with Crippen LogP contribution in [0, 0.1) is 17.3 Å². The molecule has 2 atom stereocenters. The zero-order valence-electron chi connectivity index (χ0n) is 7.90. The zero-order chi connectivity index (χ0) is 7.90. The summed E-state index contributed by atoms with van der Waals surface area (Å²) in [5.74, 6) is 2.19. The molecule has 0 spiro atoms. The van der Waals surface area contributed by atoms with Crippen LogP contribution in [0.1, 0.15) is 52.4 Å². The molecule has 0 radical (unpaired) electrons. The van der Waals surface area contributed by atoms with Crippen molar-refractivity contribution in [3.05, 3.63) is 0 Å². The summed E-state index contributed by atoms with van der Waals surface area (Å²) in [6.45, 7) is 4.95. The van der Waals surface area contributed by atoms with Gasteiger partial charge in [-0.15, -0.1) is 0 Å². The van der Waals surface area contributed by atoms with Gasteiger partial charge >= 0.3 is 0 Å². The van der Waals surface area contributed by atoms with Crippen molar-refractivity contribution < 1.29 is 0 Å². The first-order chi connectivity index (χ1) is 5.20. The lowest BCUT2D eigenvalue weighted by Gasteiger charge is -2.34. The molecule has 0 unspecified atom stereocenters. The number of hydrogen-bond acceptors (Lipinski definition) is 0. The van der Waals surface area contributed by atoms with Gasteiger partial charge in [0, 0.05) is 0 Å². The second kappa shape index (κ2) is 2.50. The quantitative estimate of drug-likeness (QED) is 0.497. The molecule has 0 heterocycles. The second-order valence-corrected chi connectivity index (χ2v) is 5.18. The highest BCUT2D eigenvalue weighted by molar-refractivity contribution is 4.92. The molecular weight excluding hydrogens is 132 g/mol. The molecule has 64 valence electrons. The second-order valence-electron chi connectivity index (χ2n) is 5.18. The first kappa shape index (κ1) is 7.64. The van der Waals surface area contributed by atoms with Crippen molar-refractivity contribution in [3.63, 3.8) is 0 Å². The molecule has 11 heavy (non-hydrogen) atoms. The molecule has 0 bridgehead atoms. The summed E-state index contributed by atoms with van der Waals surface area (Å²) >= 11 is 0. The van der Waals surface area contributed by atoms with Crippen LogP contribution < -0.4 is 0 Å². The van der Waals surface area contributed by atoms with E-state index >= 15 is 0 Å². The van der Waals surface area contributed by atoms with Gasteiger partial charge in [0.15, 0.2) is 0 Å². The van der Waals surface area contributed by atoms with Crippen molar-refractivity contribution in [2.24, 2.45) is 17.3 Å². The fraction of sp³-hybridized carbons (Fsp3) is 1.00. The van der Waals surface area contributed by atoms with Crippen molar-refractivity contribution in [1.29, 1.82) is 0 Å². The van der Waals surface area contributed by atoms with Gasteiger partial charge in [-0.1, -0.05) is 33.1 Å². The van der Waals surface area contributed by atoms with Crippen LogP contribution in [0.2, 0.25) is 0 Å². The van der Waals surface area contributed by atoms with Crippen LogP contribution in [-0.4, -0.2) is 0 Å². The van der Waals surface area contributed by atoms with Gasteiger partial charge < -0.3 is 0 Å². The summed E-state index contributed by atoms with van der Waals surface area (Å²) < 4.78 is 0. The highest BCUT2D eigenvalue weighted by Gasteiger charge is 2.42. The molecule has 0 heteroatoms. The normalized spacial score (nSPS) is 42.0. The third-order valence-electron chi connectivity index (χ3n) is 4.07. The lowest BCUT2D eigenvalue weighted by Crippen LogP contribution is -2.24. The molecular formula is C11H20. The lowest BCUT2D eigenvalue weighted by atomic mass is 9.72. The molecule has 2 fully saturated rings. The van der Waals surface area contributed by atoms with Gasteiger partial charge in [0.2, 0.25) is 0 Å². The summed E-state index contributed by atoms with van der Waals surface area (Å²) in [4.78, 5) is 0. The predicted molar refractivity (Wildman–Crippen MR) is 48.5 cm³/mol. The summed E-state index contributed by atoms with van der Waals surface area (Å²) in [5.41, 5.74) is 0.686. The maximum Gasteiger partial charge on any atom is -0.0323 e. The zero-order valence-corrected chi connectivity index (χ0v) is 7.90. The van der Waals surface area contributed by atoms with Crippen molar-refractivity contribution in [1.82, 2.24) is 0 Å². The van der Waals surface area contributed by atoms with E-state index in [0.717, 1.165) is 11.8 Å². The summed E-state index contributed by atoms with van der Waals surface area (Å²) in [7, 11) is 0. The molecule has 0 N–H and O–H groups in total. The van der Waals surface area contributed by atoms with Crippen LogP contribution in [0.25, 0.3) is 0 Å². The van der Waals surface area contributed by atoms with E-state index in [1.807, 2.05) is 0 Å². The van der Waals surface area contributed by atoms with E-state index in [0.29, 0.717) is 5.41 Å². The van der Waals surface area contributed by atoms with E-state index < -0.39 is 0 Å². The average Bonchev–Trinajstić information content (AvgIpc) is 2.29. The van der Waals surface area contributed by atoms with Crippen LogP contribution in [0.5, 0.6) is 0 Å². The van der Waals surface area contributed by atoms with E-state index in [9.17, 15) is 0 Å². The Morgan fingerprint density at radius 2 is 1.73 bits per heavy atom. The molecule has 2 rings (SSSR count). The first-order valence-electron chi connectivity index (χ1n) is 5.20. The maximum atomic E-state index is 2.48. The minimum atomic E-state index is 0.686. The van der Waals surface area contributed by atoms with Gasteiger partial charge in [0.05, 0.1) is 0 Å². The van der Waals surface area contributed by atoms with Crippen LogP contribution in [0.3, 0.4) is 0 Å². The van der Waals surface area contributed by atoms with Crippen molar-refractivity contribution in [3.8, 4) is 0 Å². The highest BCUT2D eigenvalue weighted by atomic mass is 14.5. The Kier molecular flexibility index (Phi) is 1.74. The fourth-order valence-corrected chi connectivity index (χ4v) is 3.32. The molecule has 2 aliphatic carbocycles. The van der Waals surface area contributed by atoms with Gasteiger partial charge in [-0.3, -0.25) is 0 Å². The summed E-state index contributed by atoms with van der Waals surface area (Å²) in [6, 6.07) is 0. The topological polar surface area (TPSA) is 0 Å². The molecule has 0 aromatic carbocycles. The number of fused-ring (bicyclic) bond motifs is 1. The minimum Gasteiger partial charge on any atom is -0.0596 e. The first-order valence-corrected chi connectivity index (χ1v) is 5.20. The largest absolute Gasteiger partial charge is 0.0596 e. The third-order valence-corrected chi connectivity index (χ3v) is 4.07. The van der Waals surface area contributed by atoms with Crippen LogP contribution in [-0.2, 0) is 0 Å². The number of hydrogen-bond donors (Lipinski definition) is 0. The van der Waals surface area contributed by atoms with Crippen molar-refractivity contribution in [2.45, 2.75) is 52.4 Å². The highest BCUT2D eigenvalue weighted by Crippen LogP contribution is 2.52. The Morgan fingerprint density at radius 1 is 1.00 bits per heavy atom. The van der Waals surface area contributed by atoms with Gasteiger partial charge in [0.25, 0.3) is 0 Å². The maximum absolute atomic E-state index is 2.48. The molecule has 0 aromatic rings. The van der Waals surface area contributed by atoms with Crippen molar-refractivity contribution >= 4 is 0 Å². The third kappa shape index (κ3) is 1.21. The molecule has 0 amide bonds. The monoisotopic (exact) mass is 152 g/mol. The van der Waals surface area contributed by atoms with Gasteiger partial charge in [-0.2, -0.15) is 0 Å². The Morgan fingerprint density at radius 3 is 2.45 bits per heavy atom. The van der Waals surface area contributed by atoms with E-state index in [-0.39, 0.29) is 0 Å². The summed E-state index contributed by atoms with van der Waals surface area (Å²) in [6.07, 6.45) is 9.09. The lowest BCUT2D eigenvalue weighted by molar-refractivity contribution is 0.164. The fourth-order valence-electron chi connectivity index (χ4n) is 3.32. The Bertz CT molecular complexity index is 146.